The second-order valence-electron chi connectivity index (χ2n) is 3.96. The van der Waals surface area contributed by atoms with Crippen molar-refractivity contribution in [3.63, 3.8) is 0 Å². The molecule has 0 atom stereocenters. The van der Waals surface area contributed by atoms with E-state index in [1.54, 1.807) is 0 Å². The highest BCUT2D eigenvalue weighted by molar-refractivity contribution is 6.16. The van der Waals surface area contributed by atoms with Gasteiger partial charge in [-0.2, -0.15) is 0 Å². The first kappa shape index (κ1) is 12.7. The molecule has 98 valence electrons. The van der Waals surface area contributed by atoms with Crippen LogP contribution in [0.25, 0.3) is 0 Å². The number of rotatable bonds is 3. The number of nitro groups is 1. The molecule has 1 heterocycles. The Morgan fingerprint density at radius 3 is 2.53 bits per heavy atom. The number of nitro benzene ring substituents is 1. The molecule has 1 aliphatic rings. The van der Waals surface area contributed by atoms with E-state index in [0.29, 0.717) is 0 Å². The molecule has 0 saturated carbocycles. The summed E-state index contributed by atoms with van der Waals surface area (Å²) in [6.07, 6.45) is -0.282. The molecule has 0 unspecified atom stereocenters. The van der Waals surface area contributed by atoms with E-state index >= 15 is 0 Å². The second kappa shape index (κ2) is 4.48. The molecule has 0 aromatic heterocycles. The summed E-state index contributed by atoms with van der Waals surface area (Å²) in [4.78, 5) is 44.7. The molecule has 19 heavy (non-hydrogen) atoms. The second-order valence-corrected chi connectivity index (χ2v) is 3.96. The molecular weight excluding hydrogens is 256 g/mol. The molecule has 1 amide bonds. The third kappa shape index (κ3) is 2.28. The minimum atomic E-state index is -1.40. The molecule has 0 bridgehead atoms. The van der Waals surface area contributed by atoms with E-state index in [0.717, 1.165) is 23.1 Å². The van der Waals surface area contributed by atoms with Crippen LogP contribution in [0.2, 0.25) is 0 Å². The zero-order valence-corrected chi connectivity index (χ0v) is 9.53. The number of hydrogen-bond donors (Lipinski definition) is 1. The number of Topliss-reactive ketones (excluding diaryl/α,β-unsaturated/α-hetero) is 1. The van der Waals surface area contributed by atoms with Gasteiger partial charge in [-0.3, -0.25) is 19.7 Å². The van der Waals surface area contributed by atoms with E-state index in [4.69, 9.17) is 5.11 Å². The number of benzene rings is 1. The SMILES string of the molecule is O=C1CC(=O)N(c2ccc([N+](=O)[O-])cc2C(=O)O)C1. The van der Waals surface area contributed by atoms with Crippen molar-refractivity contribution in [1.82, 2.24) is 0 Å². The van der Waals surface area contributed by atoms with Crippen LogP contribution in [0.15, 0.2) is 18.2 Å². The number of aromatic carboxylic acids is 1. The first-order valence-electron chi connectivity index (χ1n) is 5.24. The Morgan fingerprint density at radius 2 is 2.05 bits per heavy atom. The molecule has 1 aliphatic heterocycles. The van der Waals surface area contributed by atoms with E-state index in [1.807, 2.05) is 0 Å². The van der Waals surface area contributed by atoms with E-state index in [1.165, 1.54) is 0 Å². The minimum Gasteiger partial charge on any atom is -0.478 e. The van der Waals surface area contributed by atoms with Crippen LogP contribution >= 0.6 is 0 Å². The van der Waals surface area contributed by atoms with E-state index in [-0.39, 0.29) is 35.7 Å². The fourth-order valence-electron chi connectivity index (χ4n) is 1.85. The van der Waals surface area contributed by atoms with Gasteiger partial charge in [0.15, 0.2) is 5.78 Å². The number of anilines is 1. The summed E-state index contributed by atoms with van der Waals surface area (Å²) in [5, 5.41) is 19.6. The van der Waals surface area contributed by atoms with Gasteiger partial charge in [-0.15, -0.1) is 0 Å². The lowest BCUT2D eigenvalue weighted by atomic mass is 10.1. The summed E-state index contributed by atoms with van der Waals surface area (Å²) in [6.45, 7) is -0.211. The zero-order chi connectivity index (χ0) is 14.2. The Labute approximate surface area is 106 Å². The molecule has 1 aromatic carbocycles. The maximum Gasteiger partial charge on any atom is 0.338 e. The molecule has 0 spiro atoms. The van der Waals surface area contributed by atoms with Crippen molar-refractivity contribution in [2.45, 2.75) is 6.42 Å². The third-order valence-electron chi connectivity index (χ3n) is 2.70. The van der Waals surface area contributed by atoms with Gasteiger partial charge in [-0.25, -0.2) is 4.79 Å². The van der Waals surface area contributed by atoms with Gasteiger partial charge in [0.1, 0.15) is 0 Å². The number of carbonyl (C=O) groups excluding carboxylic acids is 2. The Hall–Kier alpha value is -2.77. The first-order valence-corrected chi connectivity index (χ1v) is 5.24. The quantitative estimate of drug-likeness (QED) is 0.485. The van der Waals surface area contributed by atoms with Crippen molar-refractivity contribution in [1.29, 1.82) is 0 Å². The van der Waals surface area contributed by atoms with Crippen molar-refractivity contribution in [2.75, 3.05) is 11.4 Å². The van der Waals surface area contributed by atoms with Crippen LogP contribution in [0, 0.1) is 10.1 Å². The van der Waals surface area contributed by atoms with Crippen LogP contribution in [0.5, 0.6) is 0 Å². The summed E-state index contributed by atoms with van der Waals surface area (Å²) in [7, 11) is 0. The average Bonchev–Trinajstić information content (AvgIpc) is 2.67. The Kier molecular flexibility index (Phi) is 2.99. The average molecular weight is 264 g/mol. The highest BCUT2D eigenvalue weighted by Gasteiger charge is 2.31. The number of carboxylic acid groups (broad SMARTS) is 1. The number of hydrogen-bond acceptors (Lipinski definition) is 5. The lowest BCUT2D eigenvalue weighted by molar-refractivity contribution is -0.384. The molecule has 8 heteroatoms. The molecule has 2 rings (SSSR count). The molecule has 0 radical (unpaired) electrons. The molecule has 1 fully saturated rings. The summed E-state index contributed by atoms with van der Waals surface area (Å²) >= 11 is 0. The summed E-state index contributed by atoms with van der Waals surface area (Å²) in [5.74, 6) is -2.23. The van der Waals surface area contributed by atoms with Crippen LogP contribution in [-0.4, -0.2) is 34.2 Å². The largest absolute Gasteiger partial charge is 0.478 e. The van der Waals surface area contributed by atoms with E-state index < -0.39 is 16.8 Å². The molecule has 1 saturated heterocycles. The highest BCUT2D eigenvalue weighted by Crippen LogP contribution is 2.28. The van der Waals surface area contributed by atoms with Crippen molar-refractivity contribution in [3.05, 3.63) is 33.9 Å². The van der Waals surface area contributed by atoms with Gasteiger partial charge in [0.25, 0.3) is 5.69 Å². The molecule has 8 nitrogen and oxygen atoms in total. The zero-order valence-electron chi connectivity index (χ0n) is 9.53. The van der Waals surface area contributed by atoms with Crippen LogP contribution in [0.3, 0.4) is 0 Å². The number of amides is 1. The third-order valence-corrected chi connectivity index (χ3v) is 2.70. The van der Waals surface area contributed by atoms with Crippen LogP contribution in [-0.2, 0) is 9.59 Å². The normalized spacial score (nSPS) is 14.8. The topological polar surface area (TPSA) is 118 Å². The number of nitrogens with zero attached hydrogens (tertiary/aromatic N) is 2. The van der Waals surface area contributed by atoms with Gasteiger partial charge in [-0.1, -0.05) is 0 Å². The predicted molar refractivity (Wildman–Crippen MR) is 62.0 cm³/mol. The highest BCUT2D eigenvalue weighted by atomic mass is 16.6. The number of non-ortho nitro benzene ring substituents is 1. The van der Waals surface area contributed by atoms with E-state index in [9.17, 15) is 24.5 Å². The van der Waals surface area contributed by atoms with Gasteiger partial charge in [0.2, 0.25) is 5.91 Å². The van der Waals surface area contributed by atoms with Gasteiger partial charge in [-0.05, 0) is 6.07 Å². The predicted octanol–water partition coefficient (Wildman–Crippen LogP) is 0.599. The number of carbonyl (C=O) groups is 3. The first-order chi connectivity index (χ1) is 8.90. The van der Waals surface area contributed by atoms with Crippen molar-refractivity contribution >= 4 is 29.0 Å². The summed E-state index contributed by atoms with van der Waals surface area (Å²) < 4.78 is 0. The lowest BCUT2D eigenvalue weighted by Gasteiger charge is -2.16. The van der Waals surface area contributed by atoms with Crippen molar-refractivity contribution in [3.8, 4) is 0 Å². The van der Waals surface area contributed by atoms with Gasteiger partial charge in [0, 0.05) is 12.1 Å². The Morgan fingerprint density at radius 1 is 1.37 bits per heavy atom. The van der Waals surface area contributed by atoms with Crippen LogP contribution < -0.4 is 4.90 Å². The number of ketones is 1. The monoisotopic (exact) mass is 264 g/mol. The fourth-order valence-corrected chi connectivity index (χ4v) is 1.85. The maximum absolute atomic E-state index is 11.6. The Bertz CT molecular complexity index is 609. The fraction of sp³-hybridized carbons (Fsp3) is 0.182. The van der Waals surface area contributed by atoms with Gasteiger partial charge < -0.3 is 10.0 Å². The molecule has 1 N–H and O–H groups in total. The molecule has 1 aromatic rings. The van der Waals surface area contributed by atoms with Crippen molar-refractivity contribution < 1.29 is 24.4 Å². The Balaban J connectivity index is 2.51. The van der Waals surface area contributed by atoms with Crippen molar-refractivity contribution in [2.24, 2.45) is 0 Å². The smallest absolute Gasteiger partial charge is 0.338 e. The lowest BCUT2D eigenvalue weighted by Crippen LogP contribution is -2.26. The van der Waals surface area contributed by atoms with Crippen LogP contribution in [0.1, 0.15) is 16.8 Å². The molecule has 0 aliphatic carbocycles. The summed E-state index contributed by atoms with van der Waals surface area (Å²) in [6, 6.07) is 3.13. The standard InChI is InChI=1S/C11H8N2O6/c14-7-4-10(15)12(5-7)9-2-1-6(13(18)19)3-8(9)11(16)17/h1-3H,4-5H2,(H,16,17). The van der Waals surface area contributed by atoms with Gasteiger partial charge in [0.05, 0.1) is 29.1 Å². The van der Waals surface area contributed by atoms with E-state index in [2.05, 4.69) is 0 Å². The maximum atomic E-state index is 11.6. The van der Waals surface area contributed by atoms with Gasteiger partial charge >= 0.3 is 5.97 Å². The van der Waals surface area contributed by atoms with Crippen LogP contribution in [0.4, 0.5) is 11.4 Å². The summed E-state index contributed by atoms with van der Waals surface area (Å²) in [5.41, 5.74) is -0.773. The number of carboxylic acids is 1. The molecular formula is C11H8N2O6. The minimum absolute atomic E-state index is 0.00560.